The summed E-state index contributed by atoms with van der Waals surface area (Å²) < 4.78 is 6.32. The summed E-state index contributed by atoms with van der Waals surface area (Å²) in [6.45, 7) is 2.66. The van der Waals surface area contributed by atoms with Gasteiger partial charge in [-0.05, 0) is 36.1 Å². The third-order valence-electron chi connectivity index (χ3n) is 2.07. The van der Waals surface area contributed by atoms with Crippen LogP contribution in [0.2, 0.25) is 0 Å². The van der Waals surface area contributed by atoms with Crippen molar-refractivity contribution in [1.82, 2.24) is 0 Å². The van der Waals surface area contributed by atoms with Gasteiger partial charge in [0.05, 0.1) is 6.61 Å². The first-order chi connectivity index (χ1) is 8.15. The topological polar surface area (TPSA) is 46.5 Å². The summed E-state index contributed by atoms with van der Waals surface area (Å²) in [6, 6.07) is 4.93. The number of halogens is 1. The van der Waals surface area contributed by atoms with Gasteiger partial charge in [0.15, 0.2) is 0 Å². The Hall–Kier alpha value is -0.680. The molecule has 0 bridgehead atoms. The lowest BCUT2D eigenvalue weighted by atomic mass is 10.2. The number of aromatic carboxylic acids is 1. The molecule has 0 saturated carbocycles. The highest BCUT2D eigenvalue weighted by molar-refractivity contribution is 9.10. The van der Waals surface area contributed by atoms with E-state index >= 15 is 0 Å². The van der Waals surface area contributed by atoms with Crippen LogP contribution in [0.4, 0.5) is 0 Å². The van der Waals surface area contributed by atoms with Gasteiger partial charge in [0.2, 0.25) is 0 Å². The molecule has 1 aromatic rings. The summed E-state index contributed by atoms with van der Waals surface area (Å²) in [5.74, 6) is 1.59. The number of carbonyl (C=O) groups is 1. The van der Waals surface area contributed by atoms with Crippen LogP contribution in [-0.2, 0) is 0 Å². The lowest BCUT2D eigenvalue weighted by Gasteiger charge is -2.09. The summed E-state index contributed by atoms with van der Waals surface area (Å²) in [4.78, 5) is 11.0. The molecule has 0 aliphatic carbocycles. The Morgan fingerprint density at radius 2 is 2.29 bits per heavy atom. The maximum absolute atomic E-state index is 11.0. The normalized spacial score (nSPS) is 10.2. The molecule has 0 aromatic heterocycles. The first-order valence-electron chi connectivity index (χ1n) is 5.38. The summed E-state index contributed by atoms with van der Waals surface area (Å²) in [5.41, 5.74) is 0.205. The standard InChI is InChI=1S/C12H15BrO3S/c1-2-17-7-3-6-16-11-8-9(13)4-5-10(11)12(14)15/h4-5,8H,2-3,6-7H2,1H3,(H,14,15). The zero-order valence-electron chi connectivity index (χ0n) is 9.61. The molecule has 94 valence electrons. The number of carboxylic acids is 1. The monoisotopic (exact) mass is 318 g/mol. The minimum atomic E-state index is -0.963. The number of ether oxygens (including phenoxy) is 1. The van der Waals surface area contributed by atoms with Gasteiger partial charge < -0.3 is 9.84 Å². The summed E-state index contributed by atoms with van der Waals surface area (Å²) in [7, 11) is 0. The summed E-state index contributed by atoms with van der Waals surface area (Å²) in [6.07, 6.45) is 0.921. The molecular weight excluding hydrogens is 304 g/mol. The Labute approximate surface area is 114 Å². The molecule has 0 radical (unpaired) electrons. The van der Waals surface area contributed by atoms with Crippen molar-refractivity contribution in [1.29, 1.82) is 0 Å². The van der Waals surface area contributed by atoms with E-state index in [0.717, 1.165) is 22.4 Å². The summed E-state index contributed by atoms with van der Waals surface area (Å²) >= 11 is 5.15. The molecule has 17 heavy (non-hydrogen) atoms. The highest BCUT2D eigenvalue weighted by Crippen LogP contribution is 2.24. The predicted octanol–water partition coefficient (Wildman–Crippen LogP) is 3.67. The van der Waals surface area contributed by atoms with Gasteiger partial charge in [-0.15, -0.1) is 0 Å². The number of hydrogen-bond acceptors (Lipinski definition) is 3. The van der Waals surface area contributed by atoms with Gasteiger partial charge in [0.1, 0.15) is 11.3 Å². The Bertz CT molecular complexity index is 382. The molecule has 5 heteroatoms. The fraction of sp³-hybridized carbons (Fsp3) is 0.417. The fourth-order valence-electron chi connectivity index (χ4n) is 1.28. The first kappa shape index (κ1) is 14.4. The van der Waals surface area contributed by atoms with Crippen molar-refractivity contribution < 1.29 is 14.6 Å². The molecule has 0 aliphatic heterocycles. The molecule has 0 fully saturated rings. The molecule has 0 unspecified atom stereocenters. The average Bonchev–Trinajstić information content (AvgIpc) is 2.28. The van der Waals surface area contributed by atoms with E-state index in [4.69, 9.17) is 9.84 Å². The third-order valence-corrected chi connectivity index (χ3v) is 3.55. The van der Waals surface area contributed by atoms with Gasteiger partial charge in [0.25, 0.3) is 0 Å². The maximum Gasteiger partial charge on any atom is 0.339 e. The van der Waals surface area contributed by atoms with Gasteiger partial charge in [-0.2, -0.15) is 11.8 Å². The van der Waals surface area contributed by atoms with E-state index in [2.05, 4.69) is 22.9 Å². The summed E-state index contributed by atoms with van der Waals surface area (Å²) in [5, 5.41) is 9.00. The Kier molecular flexibility index (Phi) is 6.44. The van der Waals surface area contributed by atoms with Crippen molar-refractivity contribution in [3.05, 3.63) is 28.2 Å². The number of thioether (sulfide) groups is 1. The largest absolute Gasteiger partial charge is 0.493 e. The second kappa shape index (κ2) is 7.61. The zero-order chi connectivity index (χ0) is 12.7. The van der Waals surface area contributed by atoms with Crippen LogP contribution in [0.15, 0.2) is 22.7 Å². The minimum Gasteiger partial charge on any atom is -0.493 e. The van der Waals surface area contributed by atoms with Crippen LogP contribution in [0.5, 0.6) is 5.75 Å². The number of hydrogen-bond donors (Lipinski definition) is 1. The Balaban J connectivity index is 2.56. The molecule has 3 nitrogen and oxygen atoms in total. The Morgan fingerprint density at radius 1 is 1.53 bits per heavy atom. The minimum absolute atomic E-state index is 0.205. The van der Waals surface area contributed by atoms with Crippen LogP contribution < -0.4 is 4.74 Å². The molecule has 0 atom stereocenters. The van der Waals surface area contributed by atoms with Gasteiger partial charge in [0, 0.05) is 4.47 Å². The van der Waals surface area contributed by atoms with E-state index in [9.17, 15) is 4.79 Å². The van der Waals surface area contributed by atoms with E-state index in [-0.39, 0.29) is 5.56 Å². The lowest BCUT2D eigenvalue weighted by Crippen LogP contribution is -2.05. The van der Waals surface area contributed by atoms with Gasteiger partial charge in [-0.25, -0.2) is 4.79 Å². The van der Waals surface area contributed by atoms with E-state index in [1.165, 1.54) is 0 Å². The quantitative estimate of drug-likeness (QED) is 0.779. The highest BCUT2D eigenvalue weighted by Gasteiger charge is 2.11. The molecule has 0 aliphatic rings. The smallest absolute Gasteiger partial charge is 0.339 e. The third kappa shape index (κ3) is 5.00. The molecule has 1 rings (SSSR count). The molecular formula is C12H15BrO3S. The highest BCUT2D eigenvalue weighted by atomic mass is 79.9. The van der Waals surface area contributed by atoms with Crippen LogP contribution in [-0.4, -0.2) is 29.2 Å². The number of carboxylic acid groups (broad SMARTS) is 1. The second-order valence-corrected chi connectivity index (χ2v) is 5.65. The van der Waals surface area contributed by atoms with Crippen molar-refractivity contribution >= 4 is 33.7 Å². The lowest BCUT2D eigenvalue weighted by molar-refractivity contribution is 0.0692. The van der Waals surface area contributed by atoms with Crippen LogP contribution in [0, 0.1) is 0 Å². The van der Waals surface area contributed by atoms with Crippen molar-refractivity contribution in [2.75, 3.05) is 18.1 Å². The number of rotatable bonds is 7. The van der Waals surface area contributed by atoms with Crippen LogP contribution in [0.1, 0.15) is 23.7 Å². The maximum atomic E-state index is 11.0. The van der Waals surface area contributed by atoms with Crippen molar-refractivity contribution in [3.63, 3.8) is 0 Å². The van der Waals surface area contributed by atoms with E-state index < -0.39 is 5.97 Å². The molecule has 0 saturated heterocycles. The van der Waals surface area contributed by atoms with Gasteiger partial charge >= 0.3 is 5.97 Å². The van der Waals surface area contributed by atoms with E-state index in [0.29, 0.717) is 12.4 Å². The molecule has 0 amide bonds. The first-order valence-corrected chi connectivity index (χ1v) is 7.33. The van der Waals surface area contributed by atoms with Crippen LogP contribution in [0.25, 0.3) is 0 Å². The van der Waals surface area contributed by atoms with E-state index in [1.807, 2.05) is 11.8 Å². The van der Waals surface area contributed by atoms with Gasteiger partial charge in [-0.3, -0.25) is 0 Å². The SMILES string of the molecule is CCSCCCOc1cc(Br)ccc1C(=O)O. The number of benzene rings is 1. The second-order valence-electron chi connectivity index (χ2n) is 3.34. The van der Waals surface area contributed by atoms with Crippen molar-refractivity contribution in [3.8, 4) is 5.75 Å². The van der Waals surface area contributed by atoms with Crippen LogP contribution in [0.3, 0.4) is 0 Å². The Morgan fingerprint density at radius 3 is 2.94 bits per heavy atom. The molecule has 0 heterocycles. The predicted molar refractivity (Wildman–Crippen MR) is 74.2 cm³/mol. The molecule has 0 spiro atoms. The fourth-order valence-corrected chi connectivity index (χ4v) is 2.23. The van der Waals surface area contributed by atoms with Crippen LogP contribution >= 0.6 is 27.7 Å². The van der Waals surface area contributed by atoms with Crippen molar-refractivity contribution in [2.45, 2.75) is 13.3 Å². The van der Waals surface area contributed by atoms with Crippen molar-refractivity contribution in [2.24, 2.45) is 0 Å². The zero-order valence-corrected chi connectivity index (χ0v) is 12.0. The molecule has 1 N–H and O–H groups in total. The van der Waals surface area contributed by atoms with Gasteiger partial charge in [-0.1, -0.05) is 22.9 Å². The van der Waals surface area contributed by atoms with E-state index in [1.54, 1.807) is 18.2 Å². The molecule has 1 aromatic carbocycles. The average molecular weight is 319 g/mol.